The molecule has 0 saturated carbocycles. The molecule has 7 heteroatoms. The molecule has 1 heterocycles. The van der Waals surface area contributed by atoms with Crippen LogP contribution in [0.4, 0.5) is 10.1 Å². The van der Waals surface area contributed by atoms with Crippen LogP contribution in [-0.2, 0) is 6.42 Å². The highest BCUT2D eigenvalue weighted by Crippen LogP contribution is 2.19. The van der Waals surface area contributed by atoms with Gasteiger partial charge in [0.15, 0.2) is 5.78 Å². The van der Waals surface area contributed by atoms with Gasteiger partial charge in [-0.3, -0.25) is 14.6 Å². The topological polar surface area (TPSA) is 61.8 Å². The standard InChI is InChI=1S/C25H21ClFN3O2/c1-30-13-12-28-24(30)17-4-2-16(3-5-17)23(31)14-18-6-9-20(27)15-22(18)25(32)29-21-10-7-19(26)8-11-21/h2-11,15H,12-14H2,1H3,(H,29,32). The van der Waals surface area contributed by atoms with E-state index in [1.54, 1.807) is 36.4 Å². The van der Waals surface area contributed by atoms with E-state index in [9.17, 15) is 14.0 Å². The van der Waals surface area contributed by atoms with Crippen LogP contribution in [0.25, 0.3) is 0 Å². The first kappa shape index (κ1) is 21.7. The van der Waals surface area contributed by atoms with E-state index in [4.69, 9.17) is 11.6 Å². The first-order valence-corrected chi connectivity index (χ1v) is 10.5. The number of nitrogens with one attached hydrogen (secondary N) is 1. The monoisotopic (exact) mass is 449 g/mol. The van der Waals surface area contributed by atoms with Crippen LogP contribution in [0.3, 0.4) is 0 Å². The largest absolute Gasteiger partial charge is 0.358 e. The van der Waals surface area contributed by atoms with Crippen LogP contribution in [0, 0.1) is 5.82 Å². The summed E-state index contributed by atoms with van der Waals surface area (Å²) in [7, 11) is 1.98. The number of Topliss-reactive ketones (excluding diaryl/α,β-unsaturated/α-hetero) is 1. The van der Waals surface area contributed by atoms with Crippen molar-refractivity contribution in [1.82, 2.24) is 4.90 Å². The molecule has 3 aromatic rings. The molecule has 0 atom stereocenters. The molecule has 32 heavy (non-hydrogen) atoms. The van der Waals surface area contributed by atoms with Crippen molar-refractivity contribution in [2.45, 2.75) is 6.42 Å². The van der Waals surface area contributed by atoms with Crippen molar-refractivity contribution in [2.75, 3.05) is 25.5 Å². The Balaban J connectivity index is 1.52. The first-order valence-electron chi connectivity index (χ1n) is 10.2. The van der Waals surface area contributed by atoms with E-state index in [-0.39, 0.29) is 17.8 Å². The molecule has 1 N–H and O–H groups in total. The van der Waals surface area contributed by atoms with Crippen molar-refractivity contribution in [3.63, 3.8) is 0 Å². The maximum atomic E-state index is 13.9. The predicted octanol–water partition coefficient (Wildman–Crippen LogP) is 4.85. The summed E-state index contributed by atoms with van der Waals surface area (Å²) in [5.41, 5.74) is 2.56. The third-order valence-electron chi connectivity index (χ3n) is 5.29. The summed E-state index contributed by atoms with van der Waals surface area (Å²) < 4.78 is 13.9. The lowest BCUT2D eigenvalue weighted by Crippen LogP contribution is -2.23. The number of hydrogen-bond acceptors (Lipinski definition) is 4. The van der Waals surface area contributed by atoms with Gasteiger partial charge in [-0.2, -0.15) is 0 Å². The number of likely N-dealkylation sites (N-methyl/N-ethyl adjacent to an activating group) is 1. The zero-order chi connectivity index (χ0) is 22.7. The van der Waals surface area contributed by atoms with Gasteiger partial charge in [0.2, 0.25) is 0 Å². The van der Waals surface area contributed by atoms with Crippen LogP contribution in [0.15, 0.2) is 71.7 Å². The minimum Gasteiger partial charge on any atom is -0.358 e. The Morgan fingerprint density at radius 1 is 1.06 bits per heavy atom. The Labute approximate surface area is 190 Å². The number of nitrogens with zero attached hydrogens (tertiary/aromatic N) is 2. The highest BCUT2D eigenvalue weighted by Gasteiger charge is 2.18. The quantitative estimate of drug-likeness (QED) is 0.547. The van der Waals surface area contributed by atoms with Crippen molar-refractivity contribution in [2.24, 2.45) is 4.99 Å². The normalized spacial score (nSPS) is 13.1. The Kier molecular flexibility index (Phi) is 6.32. The Morgan fingerprint density at radius 2 is 1.78 bits per heavy atom. The summed E-state index contributed by atoms with van der Waals surface area (Å²) in [6.07, 6.45) is -0.0240. The molecule has 1 aliphatic rings. The Bertz CT molecular complexity index is 1190. The number of anilines is 1. The van der Waals surface area contributed by atoms with Gasteiger partial charge in [0.25, 0.3) is 5.91 Å². The van der Waals surface area contributed by atoms with E-state index in [0.717, 1.165) is 30.6 Å². The van der Waals surface area contributed by atoms with E-state index in [1.807, 2.05) is 19.2 Å². The lowest BCUT2D eigenvalue weighted by Gasteiger charge is -2.14. The fraction of sp³-hybridized carbons (Fsp3) is 0.160. The van der Waals surface area contributed by atoms with E-state index < -0.39 is 11.7 Å². The highest BCUT2D eigenvalue weighted by molar-refractivity contribution is 6.30. The number of amides is 1. The maximum Gasteiger partial charge on any atom is 0.256 e. The molecule has 4 rings (SSSR count). The molecule has 0 saturated heterocycles. The molecular weight excluding hydrogens is 429 g/mol. The van der Waals surface area contributed by atoms with E-state index in [2.05, 4.69) is 15.2 Å². The zero-order valence-electron chi connectivity index (χ0n) is 17.4. The Hall–Kier alpha value is -3.51. The summed E-state index contributed by atoms with van der Waals surface area (Å²) in [5, 5.41) is 3.26. The molecule has 5 nitrogen and oxygen atoms in total. The summed E-state index contributed by atoms with van der Waals surface area (Å²) in [6, 6.07) is 17.7. The van der Waals surface area contributed by atoms with E-state index in [1.165, 1.54) is 12.1 Å². The number of amidine groups is 1. The second-order valence-corrected chi connectivity index (χ2v) is 8.00. The molecule has 3 aromatic carbocycles. The average Bonchev–Trinajstić information content (AvgIpc) is 3.22. The number of hydrogen-bond donors (Lipinski definition) is 1. The number of ketones is 1. The van der Waals surface area contributed by atoms with Gasteiger partial charge in [-0.05, 0) is 42.0 Å². The van der Waals surface area contributed by atoms with Crippen LogP contribution in [0.5, 0.6) is 0 Å². The van der Waals surface area contributed by atoms with Gasteiger partial charge in [-0.15, -0.1) is 0 Å². The predicted molar refractivity (Wildman–Crippen MR) is 124 cm³/mol. The van der Waals surface area contributed by atoms with Crippen LogP contribution >= 0.6 is 11.6 Å². The van der Waals surface area contributed by atoms with Gasteiger partial charge in [0, 0.05) is 47.4 Å². The molecule has 0 fully saturated rings. The number of aliphatic imine (C=N–C) groups is 1. The van der Waals surface area contributed by atoms with Gasteiger partial charge in [-0.1, -0.05) is 41.9 Å². The van der Waals surface area contributed by atoms with Gasteiger partial charge < -0.3 is 10.2 Å². The van der Waals surface area contributed by atoms with E-state index in [0.29, 0.717) is 21.8 Å². The molecule has 0 aromatic heterocycles. The molecule has 0 aliphatic carbocycles. The van der Waals surface area contributed by atoms with Gasteiger partial charge in [0.1, 0.15) is 11.7 Å². The third-order valence-corrected chi connectivity index (χ3v) is 5.55. The zero-order valence-corrected chi connectivity index (χ0v) is 18.2. The number of rotatable bonds is 6. The smallest absolute Gasteiger partial charge is 0.256 e. The summed E-state index contributed by atoms with van der Waals surface area (Å²) >= 11 is 5.87. The molecule has 0 unspecified atom stereocenters. The molecule has 162 valence electrons. The fourth-order valence-corrected chi connectivity index (χ4v) is 3.70. The highest BCUT2D eigenvalue weighted by atomic mass is 35.5. The molecule has 0 spiro atoms. The minimum absolute atomic E-state index is 0.0240. The molecule has 0 radical (unpaired) electrons. The molecule has 1 aliphatic heterocycles. The number of benzene rings is 3. The summed E-state index contributed by atoms with van der Waals surface area (Å²) in [4.78, 5) is 32.2. The van der Waals surface area contributed by atoms with Gasteiger partial charge >= 0.3 is 0 Å². The second kappa shape index (κ2) is 9.32. The van der Waals surface area contributed by atoms with Crippen molar-refractivity contribution >= 4 is 34.8 Å². The van der Waals surface area contributed by atoms with Crippen LogP contribution < -0.4 is 5.32 Å². The first-order chi connectivity index (χ1) is 15.4. The third kappa shape index (κ3) is 4.86. The van der Waals surface area contributed by atoms with Crippen molar-refractivity contribution in [1.29, 1.82) is 0 Å². The second-order valence-electron chi connectivity index (χ2n) is 7.57. The lowest BCUT2D eigenvalue weighted by atomic mass is 9.97. The fourth-order valence-electron chi connectivity index (χ4n) is 3.57. The summed E-state index contributed by atoms with van der Waals surface area (Å²) in [6.45, 7) is 1.64. The van der Waals surface area contributed by atoms with Crippen LogP contribution in [0.2, 0.25) is 5.02 Å². The number of carbonyl (C=O) groups excluding carboxylic acids is 2. The van der Waals surface area contributed by atoms with Gasteiger partial charge in [0.05, 0.1) is 6.54 Å². The van der Waals surface area contributed by atoms with Crippen LogP contribution in [0.1, 0.15) is 31.8 Å². The maximum absolute atomic E-state index is 13.9. The van der Waals surface area contributed by atoms with Crippen molar-refractivity contribution in [3.8, 4) is 0 Å². The number of halogens is 2. The summed E-state index contributed by atoms with van der Waals surface area (Å²) in [5.74, 6) is -0.297. The SMILES string of the molecule is CN1CCN=C1c1ccc(C(=O)Cc2ccc(F)cc2C(=O)Nc2ccc(Cl)cc2)cc1. The lowest BCUT2D eigenvalue weighted by molar-refractivity contribution is 0.0992. The van der Waals surface area contributed by atoms with E-state index >= 15 is 0 Å². The van der Waals surface area contributed by atoms with Crippen molar-refractivity contribution in [3.05, 3.63) is 99.8 Å². The Morgan fingerprint density at radius 3 is 2.44 bits per heavy atom. The molecule has 0 bridgehead atoms. The average molecular weight is 450 g/mol. The van der Waals surface area contributed by atoms with Crippen molar-refractivity contribution < 1.29 is 14.0 Å². The minimum atomic E-state index is -0.548. The van der Waals surface area contributed by atoms with Crippen LogP contribution in [-0.4, -0.2) is 42.6 Å². The number of carbonyl (C=O) groups is 2. The molecule has 1 amide bonds. The molecular formula is C25H21ClFN3O2. The van der Waals surface area contributed by atoms with Gasteiger partial charge in [-0.25, -0.2) is 4.39 Å².